The Hall–Kier alpha value is -2.87. The molecule has 0 saturated heterocycles. The molecule has 192 valence electrons. The molecule has 0 unspecified atom stereocenters. The molecule has 0 bridgehead atoms. The molecule has 0 heterocycles. The number of hydrogen-bond acceptors (Lipinski definition) is 4. The van der Waals surface area contributed by atoms with Gasteiger partial charge in [-0.05, 0) is 48.9 Å². The molecule has 35 heavy (non-hydrogen) atoms. The van der Waals surface area contributed by atoms with Crippen molar-refractivity contribution in [2.24, 2.45) is 5.92 Å². The molecule has 2 amide bonds. The molecule has 2 aromatic carbocycles. The first-order valence-electron chi connectivity index (χ1n) is 12.2. The molecule has 1 atom stereocenters. The van der Waals surface area contributed by atoms with E-state index in [4.69, 9.17) is 0 Å². The van der Waals surface area contributed by atoms with Crippen LogP contribution in [0.1, 0.15) is 50.8 Å². The van der Waals surface area contributed by atoms with Gasteiger partial charge in [-0.1, -0.05) is 69.7 Å². The number of rotatable bonds is 12. The number of sulfonamides is 1. The van der Waals surface area contributed by atoms with Gasteiger partial charge in [-0.3, -0.25) is 13.9 Å². The highest BCUT2D eigenvalue weighted by atomic mass is 32.2. The fourth-order valence-electron chi connectivity index (χ4n) is 3.74. The third kappa shape index (κ3) is 8.38. The van der Waals surface area contributed by atoms with Crippen molar-refractivity contribution in [2.45, 2.75) is 60.0 Å². The first-order valence-corrected chi connectivity index (χ1v) is 14.0. The molecule has 0 aliphatic heterocycles. The fourth-order valence-corrected chi connectivity index (χ4v) is 4.59. The summed E-state index contributed by atoms with van der Waals surface area (Å²) in [5.41, 5.74) is 3.46. The van der Waals surface area contributed by atoms with E-state index in [2.05, 4.69) is 5.32 Å². The number of anilines is 1. The lowest BCUT2D eigenvalue weighted by Crippen LogP contribution is -2.52. The van der Waals surface area contributed by atoms with Crippen molar-refractivity contribution < 1.29 is 18.0 Å². The van der Waals surface area contributed by atoms with E-state index in [0.29, 0.717) is 18.7 Å². The van der Waals surface area contributed by atoms with E-state index < -0.39 is 22.0 Å². The quantitative estimate of drug-likeness (QED) is 0.478. The fraction of sp³-hybridized carbons (Fsp3) is 0.481. The van der Waals surface area contributed by atoms with Crippen LogP contribution >= 0.6 is 0 Å². The summed E-state index contributed by atoms with van der Waals surface area (Å²) in [4.78, 5) is 28.2. The van der Waals surface area contributed by atoms with Crippen LogP contribution in [0.2, 0.25) is 0 Å². The Labute approximate surface area is 210 Å². The van der Waals surface area contributed by atoms with Crippen molar-refractivity contribution in [1.29, 1.82) is 0 Å². The second-order valence-electron chi connectivity index (χ2n) is 9.36. The van der Waals surface area contributed by atoms with Crippen molar-refractivity contribution in [2.75, 3.05) is 23.7 Å². The average Bonchev–Trinajstić information content (AvgIpc) is 2.81. The number of aryl methyl sites for hydroxylation is 2. The Balaban J connectivity index is 2.40. The van der Waals surface area contributed by atoms with Crippen LogP contribution in [0.25, 0.3) is 0 Å². The normalized spacial score (nSPS) is 12.3. The molecule has 0 radical (unpaired) electrons. The van der Waals surface area contributed by atoms with Crippen molar-refractivity contribution >= 4 is 27.5 Å². The van der Waals surface area contributed by atoms with Crippen LogP contribution in [0.15, 0.2) is 48.5 Å². The molecule has 8 heteroatoms. The predicted octanol–water partition coefficient (Wildman–Crippen LogP) is 3.90. The number of hydrogen-bond donors (Lipinski definition) is 1. The smallest absolute Gasteiger partial charge is 0.244 e. The molecule has 0 fully saturated rings. The molecule has 7 nitrogen and oxygen atoms in total. The number of carbonyl (C=O) groups is 2. The third-order valence-electron chi connectivity index (χ3n) is 5.86. The van der Waals surface area contributed by atoms with Crippen LogP contribution in [0, 0.1) is 12.8 Å². The second-order valence-corrected chi connectivity index (χ2v) is 11.3. The highest BCUT2D eigenvalue weighted by Gasteiger charge is 2.31. The monoisotopic (exact) mass is 501 g/mol. The maximum atomic E-state index is 13.7. The van der Waals surface area contributed by atoms with Gasteiger partial charge in [-0.15, -0.1) is 0 Å². The summed E-state index contributed by atoms with van der Waals surface area (Å²) in [5, 5.41) is 2.93. The summed E-state index contributed by atoms with van der Waals surface area (Å²) in [6.45, 7) is 10.2. The molecule has 0 aromatic heterocycles. The van der Waals surface area contributed by atoms with E-state index in [1.54, 1.807) is 12.1 Å². The average molecular weight is 502 g/mol. The van der Waals surface area contributed by atoms with E-state index in [-0.39, 0.29) is 24.9 Å². The van der Waals surface area contributed by atoms with Gasteiger partial charge < -0.3 is 10.2 Å². The zero-order valence-electron chi connectivity index (χ0n) is 21.7. The molecule has 1 N–H and O–H groups in total. The van der Waals surface area contributed by atoms with E-state index in [0.717, 1.165) is 33.7 Å². The van der Waals surface area contributed by atoms with Crippen LogP contribution in [-0.4, -0.2) is 50.5 Å². The zero-order chi connectivity index (χ0) is 26.2. The number of benzene rings is 2. The van der Waals surface area contributed by atoms with E-state index >= 15 is 0 Å². The van der Waals surface area contributed by atoms with Crippen LogP contribution in [0.3, 0.4) is 0 Å². The molecule has 0 spiro atoms. The standard InChI is InChI=1S/C27H39N3O4S/c1-7-22-13-15-24(16-14-22)30(35(6,33)34)19-26(31)29(18-23-11-9-21(5)10-12-23)25(8-2)27(32)28-17-20(3)4/h9-16,20,25H,7-8,17-19H2,1-6H3,(H,28,32)/t25-/m0/s1. The zero-order valence-corrected chi connectivity index (χ0v) is 22.6. The number of nitrogens with one attached hydrogen (secondary N) is 1. The molecule has 2 aromatic rings. The van der Waals surface area contributed by atoms with Crippen LogP contribution in [-0.2, 0) is 32.6 Å². The summed E-state index contributed by atoms with van der Waals surface area (Å²) in [6, 6.07) is 14.2. The molecule has 0 aliphatic carbocycles. The predicted molar refractivity (Wildman–Crippen MR) is 142 cm³/mol. The van der Waals surface area contributed by atoms with Crippen LogP contribution in [0.4, 0.5) is 5.69 Å². The highest BCUT2D eigenvalue weighted by Crippen LogP contribution is 2.21. The van der Waals surface area contributed by atoms with Gasteiger partial charge in [0.2, 0.25) is 21.8 Å². The van der Waals surface area contributed by atoms with Gasteiger partial charge in [-0.2, -0.15) is 0 Å². The Bertz CT molecular complexity index is 1080. The minimum Gasteiger partial charge on any atom is -0.354 e. The molecular formula is C27H39N3O4S. The van der Waals surface area contributed by atoms with E-state index in [1.807, 2.05) is 71.0 Å². The van der Waals surface area contributed by atoms with Gasteiger partial charge in [0.05, 0.1) is 11.9 Å². The summed E-state index contributed by atoms with van der Waals surface area (Å²) >= 11 is 0. The van der Waals surface area contributed by atoms with Crippen LogP contribution < -0.4 is 9.62 Å². The lowest BCUT2D eigenvalue weighted by atomic mass is 10.1. The lowest BCUT2D eigenvalue weighted by Gasteiger charge is -2.33. The molecule has 2 rings (SSSR count). The van der Waals surface area contributed by atoms with Crippen molar-refractivity contribution in [3.63, 3.8) is 0 Å². The summed E-state index contributed by atoms with van der Waals surface area (Å²) in [5.74, 6) is -0.397. The SMILES string of the molecule is CCc1ccc(N(CC(=O)N(Cc2ccc(C)cc2)[C@@H](CC)C(=O)NCC(C)C)S(C)(=O)=O)cc1. The number of nitrogens with zero attached hydrogens (tertiary/aromatic N) is 2. The van der Waals surface area contributed by atoms with Gasteiger partial charge in [0.1, 0.15) is 12.6 Å². The largest absolute Gasteiger partial charge is 0.354 e. The number of carbonyl (C=O) groups excluding carboxylic acids is 2. The van der Waals surface area contributed by atoms with Gasteiger partial charge in [0.15, 0.2) is 0 Å². The van der Waals surface area contributed by atoms with Crippen molar-refractivity contribution in [1.82, 2.24) is 10.2 Å². The lowest BCUT2D eigenvalue weighted by molar-refractivity contribution is -0.140. The highest BCUT2D eigenvalue weighted by molar-refractivity contribution is 7.92. The Morgan fingerprint density at radius 3 is 2.00 bits per heavy atom. The maximum absolute atomic E-state index is 13.7. The minimum atomic E-state index is -3.73. The van der Waals surface area contributed by atoms with E-state index in [1.165, 1.54) is 4.90 Å². The minimum absolute atomic E-state index is 0.207. The van der Waals surface area contributed by atoms with Gasteiger partial charge in [0.25, 0.3) is 0 Å². The van der Waals surface area contributed by atoms with Gasteiger partial charge in [0, 0.05) is 13.1 Å². The topological polar surface area (TPSA) is 86.8 Å². The van der Waals surface area contributed by atoms with Crippen molar-refractivity contribution in [3.8, 4) is 0 Å². The van der Waals surface area contributed by atoms with Crippen LogP contribution in [0.5, 0.6) is 0 Å². The Morgan fingerprint density at radius 2 is 1.51 bits per heavy atom. The summed E-state index contributed by atoms with van der Waals surface area (Å²) in [6.07, 6.45) is 2.32. The molecule has 0 saturated carbocycles. The van der Waals surface area contributed by atoms with Crippen molar-refractivity contribution in [3.05, 3.63) is 65.2 Å². The molecular weight excluding hydrogens is 462 g/mol. The first-order chi connectivity index (χ1) is 16.5. The van der Waals surface area contributed by atoms with E-state index in [9.17, 15) is 18.0 Å². The second kappa shape index (κ2) is 12.7. The summed E-state index contributed by atoms with van der Waals surface area (Å²) < 4.78 is 26.4. The molecule has 0 aliphatic rings. The number of amides is 2. The summed E-state index contributed by atoms with van der Waals surface area (Å²) in [7, 11) is -3.73. The van der Waals surface area contributed by atoms with Gasteiger partial charge in [-0.25, -0.2) is 8.42 Å². The van der Waals surface area contributed by atoms with Gasteiger partial charge >= 0.3 is 0 Å². The Morgan fingerprint density at radius 1 is 0.943 bits per heavy atom. The third-order valence-corrected chi connectivity index (χ3v) is 7.00. The Kier molecular flexibility index (Phi) is 10.3. The maximum Gasteiger partial charge on any atom is 0.244 e. The first kappa shape index (κ1) is 28.4.